The third-order valence-corrected chi connectivity index (χ3v) is 2.49. The molecule has 0 spiro atoms. The van der Waals surface area contributed by atoms with Crippen LogP contribution in [0.3, 0.4) is 0 Å². The van der Waals surface area contributed by atoms with Crippen molar-refractivity contribution in [3.63, 3.8) is 0 Å². The Labute approximate surface area is 78.7 Å². The average molecular weight is 230 g/mol. The van der Waals surface area contributed by atoms with Crippen LogP contribution in [0.25, 0.3) is 0 Å². The minimum atomic E-state index is 0.212. The first kappa shape index (κ1) is 7.73. The molecule has 0 fully saturated rings. The summed E-state index contributed by atoms with van der Waals surface area (Å²) in [6.45, 7) is 0.547. The Morgan fingerprint density at radius 2 is 2.33 bits per heavy atom. The maximum Gasteiger partial charge on any atom is 0.161 e. The van der Waals surface area contributed by atoms with Gasteiger partial charge in [0.1, 0.15) is 11.5 Å². The molecule has 1 aliphatic rings. The molecule has 1 N–H and O–H groups in total. The fraction of sp³-hybridized carbons (Fsp3) is 0.250. The molecule has 0 amide bonds. The highest BCUT2D eigenvalue weighted by Gasteiger charge is 2.18. The van der Waals surface area contributed by atoms with Gasteiger partial charge in [-0.15, -0.1) is 0 Å². The number of phenolic OH excluding ortho intramolecular Hbond substituents is 1. The molecule has 0 saturated heterocycles. The molecule has 3 nitrogen and oxygen atoms in total. The molecule has 0 atom stereocenters. The molecule has 0 bridgehead atoms. The topological polar surface area (TPSA) is 32.7 Å². The number of halogens is 1. The van der Waals surface area contributed by atoms with Crippen LogP contribution in [0.1, 0.15) is 0 Å². The first-order chi connectivity index (χ1) is 5.68. The monoisotopic (exact) mass is 229 g/mol. The second-order valence-corrected chi connectivity index (χ2v) is 3.60. The summed E-state index contributed by atoms with van der Waals surface area (Å²) in [6.07, 6.45) is 0. The molecule has 0 unspecified atom stereocenters. The number of aromatic hydroxyl groups is 1. The molecule has 1 aromatic carbocycles. The molecule has 64 valence electrons. The second-order valence-electron chi connectivity index (χ2n) is 2.74. The van der Waals surface area contributed by atoms with E-state index in [-0.39, 0.29) is 5.75 Å². The van der Waals surface area contributed by atoms with E-state index in [0.29, 0.717) is 11.2 Å². The second kappa shape index (κ2) is 2.55. The van der Waals surface area contributed by atoms with Crippen LogP contribution in [-0.4, -0.2) is 18.9 Å². The lowest BCUT2D eigenvalue weighted by Gasteiger charge is -2.07. The first-order valence-corrected chi connectivity index (χ1v) is 4.34. The number of anilines is 1. The van der Waals surface area contributed by atoms with E-state index in [0.717, 1.165) is 11.4 Å². The van der Waals surface area contributed by atoms with Crippen LogP contribution in [0.4, 0.5) is 5.69 Å². The van der Waals surface area contributed by atoms with Crippen molar-refractivity contribution in [2.24, 2.45) is 0 Å². The highest BCUT2D eigenvalue weighted by Crippen LogP contribution is 2.40. The molecule has 2 rings (SSSR count). The lowest BCUT2D eigenvalue weighted by atomic mass is 10.3. The molecule has 1 aliphatic heterocycles. The number of phenols is 1. The first-order valence-electron chi connectivity index (χ1n) is 3.55. The van der Waals surface area contributed by atoms with Gasteiger partial charge in [0.25, 0.3) is 0 Å². The number of fused-ring (bicyclic) bond motifs is 1. The van der Waals surface area contributed by atoms with Gasteiger partial charge in [-0.25, -0.2) is 0 Å². The molecule has 0 aromatic heterocycles. The molecule has 1 aromatic rings. The van der Waals surface area contributed by atoms with Crippen molar-refractivity contribution in [1.29, 1.82) is 0 Å². The van der Waals surface area contributed by atoms with E-state index in [4.69, 9.17) is 4.74 Å². The van der Waals surface area contributed by atoms with E-state index in [9.17, 15) is 5.11 Å². The van der Waals surface area contributed by atoms with Gasteiger partial charge in [0.2, 0.25) is 0 Å². The summed E-state index contributed by atoms with van der Waals surface area (Å²) in [5.41, 5.74) is 1.000. The van der Waals surface area contributed by atoms with Gasteiger partial charge in [0.15, 0.2) is 6.73 Å². The lowest BCUT2D eigenvalue weighted by molar-refractivity contribution is 0.351. The SMILES string of the molecule is CN1COc2cc(O)c(Br)cc21. The average Bonchev–Trinajstić information content (AvgIpc) is 2.35. The zero-order valence-corrected chi connectivity index (χ0v) is 8.13. The Hall–Kier alpha value is -0.900. The van der Waals surface area contributed by atoms with Gasteiger partial charge in [-0.2, -0.15) is 0 Å². The van der Waals surface area contributed by atoms with Crippen molar-refractivity contribution in [3.05, 3.63) is 16.6 Å². The summed E-state index contributed by atoms with van der Waals surface area (Å²) in [7, 11) is 1.94. The Kier molecular flexibility index (Phi) is 1.65. The van der Waals surface area contributed by atoms with Crippen molar-refractivity contribution in [3.8, 4) is 11.5 Å². The fourth-order valence-corrected chi connectivity index (χ4v) is 1.51. The van der Waals surface area contributed by atoms with Gasteiger partial charge in [-0.1, -0.05) is 0 Å². The van der Waals surface area contributed by atoms with Crippen LogP contribution < -0.4 is 9.64 Å². The summed E-state index contributed by atoms with van der Waals surface area (Å²) < 4.78 is 5.98. The Morgan fingerprint density at radius 3 is 3.08 bits per heavy atom. The molecule has 1 heterocycles. The van der Waals surface area contributed by atoms with E-state index in [1.807, 2.05) is 18.0 Å². The molecule has 12 heavy (non-hydrogen) atoms. The normalized spacial score (nSPS) is 14.3. The van der Waals surface area contributed by atoms with E-state index in [2.05, 4.69) is 15.9 Å². The largest absolute Gasteiger partial charge is 0.507 e. The number of rotatable bonds is 0. The van der Waals surface area contributed by atoms with E-state index < -0.39 is 0 Å². The van der Waals surface area contributed by atoms with E-state index in [1.54, 1.807) is 6.07 Å². The van der Waals surface area contributed by atoms with Gasteiger partial charge in [-0.05, 0) is 22.0 Å². The summed E-state index contributed by atoms with van der Waals surface area (Å²) in [5.74, 6) is 0.947. The number of hydrogen-bond donors (Lipinski definition) is 1. The summed E-state index contributed by atoms with van der Waals surface area (Å²) in [6, 6.07) is 3.46. The number of hydrogen-bond acceptors (Lipinski definition) is 3. The summed E-state index contributed by atoms with van der Waals surface area (Å²) >= 11 is 3.24. The van der Waals surface area contributed by atoms with Crippen LogP contribution in [0.5, 0.6) is 11.5 Å². The predicted molar refractivity (Wildman–Crippen MR) is 49.7 cm³/mol. The van der Waals surface area contributed by atoms with Crippen molar-refractivity contribution in [2.75, 3.05) is 18.7 Å². The molecular weight excluding hydrogens is 222 g/mol. The third-order valence-electron chi connectivity index (χ3n) is 1.85. The highest BCUT2D eigenvalue weighted by molar-refractivity contribution is 9.10. The minimum absolute atomic E-state index is 0.212. The van der Waals surface area contributed by atoms with Gasteiger partial charge < -0.3 is 14.7 Å². The number of nitrogens with zero attached hydrogens (tertiary/aromatic N) is 1. The van der Waals surface area contributed by atoms with Gasteiger partial charge in [0.05, 0.1) is 10.2 Å². The quantitative estimate of drug-likeness (QED) is 0.739. The van der Waals surface area contributed by atoms with Crippen molar-refractivity contribution >= 4 is 21.6 Å². The van der Waals surface area contributed by atoms with E-state index >= 15 is 0 Å². The van der Waals surface area contributed by atoms with Crippen LogP contribution in [0.2, 0.25) is 0 Å². The van der Waals surface area contributed by atoms with Crippen molar-refractivity contribution < 1.29 is 9.84 Å². The standard InChI is InChI=1S/C8H8BrNO2/c1-10-4-12-8-3-7(11)5(9)2-6(8)10/h2-3,11H,4H2,1H3. The smallest absolute Gasteiger partial charge is 0.161 e. The van der Waals surface area contributed by atoms with Crippen molar-refractivity contribution in [2.45, 2.75) is 0 Å². The highest BCUT2D eigenvalue weighted by atomic mass is 79.9. The molecule has 0 aliphatic carbocycles. The zero-order valence-electron chi connectivity index (χ0n) is 6.54. The predicted octanol–water partition coefficient (Wildman–Crippen LogP) is 1.94. The summed E-state index contributed by atoms with van der Waals surface area (Å²) in [4.78, 5) is 1.97. The number of benzene rings is 1. The Morgan fingerprint density at radius 1 is 1.58 bits per heavy atom. The van der Waals surface area contributed by atoms with Gasteiger partial charge in [0, 0.05) is 13.1 Å². The third kappa shape index (κ3) is 1.03. The molecule has 0 radical (unpaired) electrons. The Balaban J connectivity index is 2.56. The van der Waals surface area contributed by atoms with E-state index in [1.165, 1.54) is 0 Å². The van der Waals surface area contributed by atoms with Crippen LogP contribution in [-0.2, 0) is 0 Å². The maximum atomic E-state index is 9.32. The molecule has 4 heteroatoms. The van der Waals surface area contributed by atoms with Gasteiger partial charge in [-0.3, -0.25) is 0 Å². The maximum absolute atomic E-state index is 9.32. The minimum Gasteiger partial charge on any atom is -0.507 e. The molecule has 0 saturated carbocycles. The van der Waals surface area contributed by atoms with Gasteiger partial charge >= 0.3 is 0 Å². The fourth-order valence-electron chi connectivity index (χ4n) is 1.18. The Bertz CT molecular complexity index is 327. The van der Waals surface area contributed by atoms with Crippen LogP contribution in [0.15, 0.2) is 16.6 Å². The number of ether oxygens (including phenoxy) is 1. The lowest BCUT2D eigenvalue weighted by Crippen LogP contribution is -2.14. The van der Waals surface area contributed by atoms with Crippen LogP contribution in [0, 0.1) is 0 Å². The van der Waals surface area contributed by atoms with Crippen LogP contribution >= 0.6 is 15.9 Å². The molecular formula is C8H8BrNO2. The zero-order chi connectivity index (χ0) is 8.72. The van der Waals surface area contributed by atoms with Crippen molar-refractivity contribution in [1.82, 2.24) is 0 Å². The summed E-state index contributed by atoms with van der Waals surface area (Å²) in [5, 5.41) is 9.32.